The van der Waals surface area contributed by atoms with E-state index in [2.05, 4.69) is 25.4 Å². The van der Waals surface area contributed by atoms with Gasteiger partial charge in [0, 0.05) is 16.0 Å². The Morgan fingerprint density at radius 3 is 2.62 bits per heavy atom. The molecule has 0 aromatic heterocycles. The van der Waals surface area contributed by atoms with Crippen LogP contribution in [0.2, 0.25) is 5.02 Å². The van der Waals surface area contributed by atoms with Gasteiger partial charge < -0.3 is 0 Å². The summed E-state index contributed by atoms with van der Waals surface area (Å²) in [6.45, 7) is 3.87. The summed E-state index contributed by atoms with van der Waals surface area (Å²) in [7, 11) is -3.53. The van der Waals surface area contributed by atoms with Crippen molar-refractivity contribution in [2.75, 3.05) is 11.3 Å². The lowest BCUT2D eigenvalue weighted by Crippen LogP contribution is -2.29. The van der Waals surface area contributed by atoms with Gasteiger partial charge in [-0.1, -0.05) is 18.5 Å². The van der Waals surface area contributed by atoms with Gasteiger partial charge in [-0.3, -0.25) is 4.72 Å². The van der Waals surface area contributed by atoms with E-state index in [0.717, 1.165) is 5.56 Å². The van der Waals surface area contributed by atoms with Crippen molar-refractivity contribution in [3.05, 3.63) is 27.2 Å². The average molecular weight is 328 g/mol. The molecule has 16 heavy (non-hydrogen) atoms. The molecule has 0 atom stereocenters. The van der Waals surface area contributed by atoms with Gasteiger partial charge in [0.2, 0.25) is 0 Å². The Morgan fingerprint density at radius 1 is 1.44 bits per heavy atom. The van der Waals surface area contributed by atoms with Crippen LogP contribution in [-0.2, 0) is 10.2 Å². The maximum absolute atomic E-state index is 11.5. The highest BCUT2D eigenvalue weighted by Crippen LogP contribution is 2.29. The molecule has 0 saturated carbocycles. The minimum atomic E-state index is -3.53. The topological polar surface area (TPSA) is 58.2 Å². The fraction of sp³-hybridized carbons (Fsp3) is 0.333. The molecular formula is C9H12BrClN2O2S. The zero-order valence-electron chi connectivity index (χ0n) is 8.84. The molecule has 0 fully saturated rings. The fourth-order valence-corrected chi connectivity index (χ4v) is 2.86. The van der Waals surface area contributed by atoms with Crippen molar-refractivity contribution in [1.29, 1.82) is 0 Å². The van der Waals surface area contributed by atoms with Crippen LogP contribution in [0.5, 0.6) is 0 Å². The van der Waals surface area contributed by atoms with Crippen LogP contribution in [0.4, 0.5) is 5.69 Å². The molecule has 0 aliphatic carbocycles. The first-order valence-electron chi connectivity index (χ1n) is 4.58. The highest BCUT2D eigenvalue weighted by molar-refractivity contribution is 9.10. The van der Waals surface area contributed by atoms with E-state index < -0.39 is 10.2 Å². The van der Waals surface area contributed by atoms with Gasteiger partial charge in [-0.25, -0.2) is 0 Å². The Hall–Kier alpha value is -0.300. The Labute approximate surface area is 109 Å². The minimum absolute atomic E-state index is 0.326. The van der Waals surface area contributed by atoms with Gasteiger partial charge in [-0.2, -0.15) is 13.1 Å². The number of benzene rings is 1. The number of nitrogens with one attached hydrogen (secondary N) is 2. The van der Waals surface area contributed by atoms with Crippen LogP contribution in [0.15, 0.2) is 16.6 Å². The molecule has 0 amide bonds. The van der Waals surface area contributed by atoms with E-state index in [0.29, 0.717) is 21.7 Å². The maximum atomic E-state index is 11.5. The number of halogens is 2. The van der Waals surface area contributed by atoms with Gasteiger partial charge in [0.1, 0.15) is 0 Å². The van der Waals surface area contributed by atoms with Crippen molar-refractivity contribution in [3.8, 4) is 0 Å². The van der Waals surface area contributed by atoms with E-state index in [-0.39, 0.29) is 0 Å². The Balaban J connectivity index is 3.03. The third kappa shape index (κ3) is 3.62. The van der Waals surface area contributed by atoms with Crippen LogP contribution in [0, 0.1) is 6.92 Å². The molecule has 90 valence electrons. The second kappa shape index (κ2) is 5.35. The third-order valence-electron chi connectivity index (χ3n) is 1.83. The van der Waals surface area contributed by atoms with Crippen molar-refractivity contribution >= 4 is 43.4 Å². The molecule has 2 N–H and O–H groups in total. The largest absolute Gasteiger partial charge is 0.299 e. The number of hydrogen-bond donors (Lipinski definition) is 2. The Morgan fingerprint density at radius 2 is 2.06 bits per heavy atom. The molecule has 4 nitrogen and oxygen atoms in total. The van der Waals surface area contributed by atoms with Crippen LogP contribution in [0.25, 0.3) is 0 Å². The third-order valence-corrected chi connectivity index (χ3v) is 4.05. The SMILES string of the molecule is CCNS(=O)(=O)Nc1cc(Cl)c(C)cc1Br. The highest BCUT2D eigenvalue weighted by Gasteiger charge is 2.11. The normalized spacial score (nSPS) is 11.5. The zero-order valence-corrected chi connectivity index (χ0v) is 12.0. The standard InChI is InChI=1S/C9H12BrClN2O2S/c1-3-12-16(14,15)13-9-5-8(11)6(2)4-7(9)10/h4-5,12-13H,3H2,1-2H3. The summed E-state index contributed by atoms with van der Waals surface area (Å²) in [5.74, 6) is 0. The summed E-state index contributed by atoms with van der Waals surface area (Å²) in [5, 5.41) is 0.511. The Kier molecular flexibility index (Phi) is 4.61. The number of rotatable bonds is 4. The second-order valence-electron chi connectivity index (χ2n) is 3.18. The molecule has 0 aliphatic rings. The molecule has 1 aromatic rings. The predicted molar refractivity (Wildman–Crippen MR) is 70.1 cm³/mol. The van der Waals surface area contributed by atoms with Gasteiger partial charge in [-0.15, -0.1) is 0 Å². The van der Waals surface area contributed by atoms with E-state index in [1.807, 2.05) is 6.92 Å². The molecule has 0 heterocycles. The van der Waals surface area contributed by atoms with Crippen LogP contribution in [-0.4, -0.2) is 15.0 Å². The van der Waals surface area contributed by atoms with Gasteiger partial charge in [0.15, 0.2) is 0 Å². The number of aryl methyl sites for hydroxylation is 1. The first-order valence-corrected chi connectivity index (χ1v) is 7.24. The van der Waals surface area contributed by atoms with Gasteiger partial charge in [0.25, 0.3) is 10.2 Å². The first-order chi connectivity index (χ1) is 7.35. The van der Waals surface area contributed by atoms with E-state index in [9.17, 15) is 8.42 Å². The predicted octanol–water partition coefficient (Wildman–Crippen LogP) is 2.68. The summed E-state index contributed by atoms with van der Waals surface area (Å²) in [4.78, 5) is 0. The summed E-state index contributed by atoms with van der Waals surface area (Å²) >= 11 is 9.19. The Bertz CT molecular complexity index is 491. The summed E-state index contributed by atoms with van der Waals surface area (Å²) in [5.41, 5.74) is 1.29. The van der Waals surface area contributed by atoms with Crippen LogP contribution < -0.4 is 9.44 Å². The molecule has 0 spiro atoms. The highest BCUT2D eigenvalue weighted by atomic mass is 79.9. The molecule has 0 aliphatic heterocycles. The number of anilines is 1. The molecule has 7 heteroatoms. The van der Waals surface area contributed by atoms with E-state index in [4.69, 9.17) is 11.6 Å². The quantitative estimate of drug-likeness (QED) is 0.893. The van der Waals surface area contributed by atoms with E-state index in [1.54, 1.807) is 19.1 Å². The minimum Gasteiger partial charge on any atom is -0.270 e. The van der Waals surface area contributed by atoms with Crippen molar-refractivity contribution in [2.45, 2.75) is 13.8 Å². The summed E-state index contributed by atoms with van der Waals surface area (Å²) < 4.78 is 28.3. The smallest absolute Gasteiger partial charge is 0.270 e. The van der Waals surface area contributed by atoms with Crippen molar-refractivity contribution < 1.29 is 8.42 Å². The lowest BCUT2D eigenvalue weighted by atomic mass is 10.2. The molecular weight excluding hydrogens is 316 g/mol. The summed E-state index contributed by atoms with van der Waals surface area (Å²) in [6, 6.07) is 3.32. The van der Waals surface area contributed by atoms with Crippen LogP contribution in [0.3, 0.4) is 0 Å². The molecule has 1 rings (SSSR count). The molecule has 0 saturated heterocycles. The zero-order chi connectivity index (χ0) is 12.3. The average Bonchev–Trinajstić information content (AvgIpc) is 2.13. The molecule has 0 unspecified atom stereocenters. The van der Waals surface area contributed by atoms with Crippen molar-refractivity contribution in [2.24, 2.45) is 0 Å². The first kappa shape index (κ1) is 13.8. The maximum Gasteiger partial charge on any atom is 0.299 e. The van der Waals surface area contributed by atoms with Gasteiger partial charge in [0.05, 0.1) is 5.69 Å². The molecule has 0 radical (unpaired) electrons. The van der Waals surface area contributed by atoms with E-state index >= 15 is 0 Å². The monoisotopic (exact) mass is 326 g/mol. The lowest BCUT2D eigenvalue weighted by Gasteiger charge is -2.11. The van der Waals surface area contributed by atoms with Crippen molar-refractivity contribution in [1.82, 2.24) is 4.72 Å². The number of hydrogen-bond acceptors (Lipinski definition) is 2. The molecule has 0 bridgehead atoms. The van der Waals surface area contributed by atoms with Crippen LogP contribution >= 0.6 is 27.5 Å². The van der Waals surface area contributed by atoms with Crippen LogP contribution in [0.1, 0.15) is 12.5 Å². The fourth-order valence-electron chi connectivity index (χ4n) is 1.10. The molecule has 1 aromatic carbocycles. The van der Waals surface area contributed by atoms with Gasteiger partial charge >= 0.3 is 0 Å². The summed E-state index contributed by atoms with van der Waals surface area (Å²) in [6.07, 6.45) is 0. The van der Waals surface area contributed by atoms with E-state index in [1.165, 1.54) is 0 Å². The lowest BCUT2D eigenvalue weighted by molar-refractivity contribution is 0.589. The van der Waals surface area contributed by atoms with Crippen molar-refractivity contribution in [3.63, 3.8) is 0 Å². The van der Waals surface area contributed by atoms with Gasteiger partial charge in [-0.05, 0) is 40.5 Å². The second-order valence-corrected chi connectivity index (χ2v) is 5.95.